The Balaban J connectivity index is 1.67. The lowest BCUT2D eigenvalue weighted by Gasteiger charge is -2.21. The number of aryl methyl sites for hydroxylation is 2. The lowest BCUT2D eigenvalue weighted by atomic mass is 9.83. The van der Waals surface area contributed by atoms with Crippen LogP contribution in [0.15, 0.2) is 101 Å². The summed E-state index contributed by atoms with van der Waals surface area (Å²) in [5.74, 6) is 0.173. The van der Waals surface area contributed by atoms with E-state index < -0.39 is 6.16 Å². The normalized spacial score (nSPS) is 12.2. The van der Waals surface area contributed by atoms with E-state index in [2.05, 4.69) is 28.9 Å². The highest BCUT2D eigenvalue weighted by atomic mass is 16.7. The van der Waals surface area contributed by atoms with E-state index in [1.165, 1.54) is 10.6 Å². The number of oxime groups is 1. The first-order valence-electron chi connectivity index (χ1n) is 11.4. The molecule has 0 aliphatic heterocycles. The lowest BCUT2D eigenvalue weighted by Crippen LogP contribution is -2.18. The Morgan fingerprint density at radius 3 is 2.17 bits per heavy atom. The summed E-state index contributed by atoms with van der Waals surface area (Å²) in [5.41, 5.74) is 6.21. The molecule has 1 aromatic heterocycles. The van der Waals surface area contributed by atoms with E-state index in [1.807, 2.05) is 48.5 Å². The first-order valence-corrected chi connectivity index (χ1v) is 11.4. The first-order chi connectivity index (χ1) is 17.4. The summed E-state index contributed by atoms with van der Waals surface area (Å²) in [5, 5.41) is 22.2. The minimum absolute atomic E-state index is 0.0882. The van der Waals surface area contributed by atoms with Gasteiger partial charge in [0.2, 0.25) is 5.56 Å². The van der Waals surface area contributed by atoms with Crippen LogP contribution in [-0.2, 0) is 7.05 Å². The van der Waals surface area contributed by atoms with Crippen molar-refractivity contribution in [1.29, 1.82) is 0 Å². The van der Waals surface area contributed by atoms with Crippen LogP contribution in [-0.4, -0.2) is 26.7 Å². The molecule has 4 aromatic rings. The number of nitrogens with zero attached hydrogens (tertiary/aromatic N) is 2. The number of pyridine rings is 1. The quantitative estimate of drug-likeness (QED) is 0.114. The SMILES string of the molecule is Cc1ccccc1[C@@H](C/C(=N\O)c1ccc(=O)n(C)c1)c1ccc(-c2ccc(OC(=O)O)cc2)cc1. The van der Waals surface area contributed by atoms with Gasteiger partial charge in [-0.2, -0.15) is 0 Å². The second-order valence-electron chi connectivity index (χ2n) is 8.54. The molecule has 3 aromatic carbocycles. The third kappa shape index (κ3) is 5.52. The van der Waals surface area contributed by atoms with E-state index in [9.17, 15) is 14.8 Å². The Bertz CT molecular complexity index is 1450. The Kier molecular flexibility index (Phi) is 7.30. The molecule has 0 bridgehead atoms. The molecule has 0 radical (unpaired) electrons. The highest BCUT2D eigenvalue weighted by molar-refractivity contribution is 6.00. The fourth-order valence-corrected chi connectivity index (χ4v) is 4.28. The summed E-state index contributed by atoms with van der Waals surface area (Å²) < 4.78 is 6.14. The van der Waals surface area contributed by atoms with Gasteiger partial charge in [-0.3, -0.25) is 4.79 Å². The number of rotatable bonds is 7. The van der Waals surface area contributed by atoms with Gasteiger partial charge in [-0.1, -0.05) is 65.8 Å². The molecule has 0 aliphatic rings. The van der Waals surface area contributed by atoms with E-state index in [0.717, 1.165) is 27.8 Å². The molecule has 0 amide bonds. The molecule has 4 rings (SSSR count). The zero-order chi connectivity index (χ0) is 25.7. The number of hydrogen-bond acceptors (Lipinski definition) is 5. The lowest BCUT2D eigenvalue weighted by molar-refractivity contribution is 0.144. The molecule has 7 nitrogen and oxygen atoms in total. The van der Waals surface area contributed by atoms with Gasteiger partial charge in [-0.15, -0.1) is 0 Å². The van der Waals surface area contributed by atoms with Crippen molar-refractivity contribution in [1.82, 2.24) is 4.57 Å². The molecule has 0 aliphatic carbocycles. The zero-order valence-corrected chi connectivity index (χ0v) is 20.0. The van der Waals surface area contributed by atoms with Gasteiger partial charge in [0, 0.05) is 37.2 Å². The van der Waals surface area contributed by atoms with Gasteiger partial charge in [0.25, 0.3) is 0 Å². The smallest absolute Gasteiger partial charge is 0.449 e. The first kappa shape index (κ1) is 24.5. The van der Waals surface area contributed by atoms with Gasteiger partial charge < -0.3 is 19.6 Å². The average Bonchev–Trinajstić information content (AvgIpc) is 2.88. The third-order valence-corrected chi connectivity index (χ3v) is 6.21. The molecule has 0 unspecified atom stereocenters. The fourth-order valence-electron chi connectivity index (χ4n) is 4.28. The van der Waals surface area contributed by atoms with Crippen molar-refractivity contribution in [3.63, 3.8) is 0 Å². The summed E-state index contributed by atoms with van der Waals surface area (Å²) in [4.78, 5) is 22.6. The van der Waals surface area contributed by atoms with Gasteiger partial charge >= 0.3 is 6.16 Å². The van der Waals surface area contributed by atoms with E-state index in [-0.39, 0.29) is 17.2 Å². The number of ether oxygens (including phenoxy) is 1. The van der Waals surface area contributed by atoms with Gasteiger partial charge in [-0.05, 0) is 52.9 Å². The van der Waals surface area contributed by atoms with Crippen LogP contribution in [0.1, 0.15) is 34.6 Å². The van der Waals surface area contributed by atoms with Gasteiger partial charge in [0.05, 0.1) is 5.71 Å². The van der Waals surface area contributed by atoms with Gasteiger partial charge in [0.15, 0.2) is 0 Å². The zero-order valence-electron chi connectivity index (χ0n) is 20.0. The standard InChI is InChI=1S/C29H26N2O5/c1-19-5-3-4-6-25(19)26(17-27(30-35)23-13-16-28(32)31(2)18-23)22-9-7-20(8-10-22)21-11-14-24(15-12-21)36-29(33)34/h3-16,18,26,35H,17H2,1-2H3,(H,33,34)/b30-27+/t26-/m0/s1. The summed E-state index contributed by atoms with van der Waals surface area (Å²) in [7, 11) is 1.67. The molecule has 7 heteroatoms. The molecule has 0 saturated carbocycles. The van der Waals surface area contributed by atoms with E-state index in [1.54, 1.807) is 31.4 Å². The molecule has 0 fully saturated rings. The maximum absolute atomic E-state index is 11.8. The predicted octanol–water partition coefficient (Wildman–Crippen LogP) is 5.82. The van der Waals surface area contributed by atoms with Crippen molar-refractivity contribution in [3.8, 4) is 16.9 Å². The monoisotopic (exact) mass is 482 g/mol. The molecule has 182 valence electrons. The number of benzene rings is 3. The van der Waals surface area contributed by atoms with Crippen LogP contribution in [0.2, 0.25) is 0 Å². The van der Waals surface area contributed by atoms with Crippen molar-refractivity contribution in [2.45, 2.75) is 19.3 Å². The maximum Gasteiger partial charge on any atom is 0.511 e. The molecule has 36 heavy (non-hydrogen) atoms. The van der Waals surface area contributed by atoms with Crippen molar-refractivity contribution in [3.05, 3.63) is 124 Å². The van der Waals surface area contributed by atoms with E-state index >= 15 is 0 Å². The minimum atomic E-state index is -1.35. The van der Waals surface area contributed by atoms with Crippen molar-refractivity contribution in [2.75, 3.05) is 0 Å². The molecule has 1 atom stereocenters. The number of carbonyl (C=O) groups is 1. The van der Waals surface area contributed by atoms with Crippen molar-refractivity contribution < 1.29 is 19.8 Å². The Morgan fingerprint density at radius 2 is 1.58 bits per heavy atom. The van der Waals surface area contributed by atoms with E-state index in [0.29, 0.717) is 17.7 Å². The number of hydrogen-bond donors (Lipinski definition) is 2. The molecule has 0 spiro atoms. The van der Waals surface area contributed by atoms with Crippen LogP contribution >= 0.6 is 0 Å². The Morgan fingerprint density at radius 1 is 0.944 bits per heavy atom. The van der Waals surface area contributed by atoms with Crippen LogP contribution in [0.5, 0.6) is 5.75 Å². The predicted molar refractivity (Wildman–Crippen MR) is 138 cm³/mol. The molecular formula is C29H26N2O5. The maximum atomic E-state index is 11.8. The number of carboxylic acid groups (broad SMARTS) is 1. The van der Waals surface area contributed by atoms with Crippen LogP contribution in [0.3, 0.4) is 0 Å². The van der Waals surface area contributed by atoms with Crippen molar-refractivity contribution >= 4 is 11.9 Å². The topological polar surface area (TPSA) is 101 Å². The summed E-state index contributed by atoms with van der Waals surface area (Å²) in [6.45, 7) is 2.05. The molecule has 1 heterocycles. The Hall–Kier alpha value is -4.65. The van der Waals surface area contributed by atoms with Crippen molar-refractivity contribution in [2.24, 2.45) is 12.2 Å². The Labute approximate surface area is 208 Å². The highest BCUT2D eigenvalue weighted by Crippen LogP contribution is 2.33. The molecule has 0 saturated heterocycles. The molecular weight excluding hydrogens is 456 g/mol. The summed E-state index contributed by atoms with van der Waals surface area (Å²) >= 11 is 0. The van der Waals surface area contributed by atoms with Gasteiger partial charge in [0.1, 0.15) is 5.75 Å². The summed E-state index contributed by atoms with van der Waals surface area (Å²) in [6.07, 6.45) is 0.755. The van der Waals surface area contributed by atoms with Gasteiger partial charge in [-0.25, -0.2) is 4.79 Å². The number of aromatic nitrogens is 1. The summed E-state index contributed by atoms with van der Waals surface area (Å²) in [6, 6.07) is 26.2. The highest BCUT2D eigenvalue weighted by Gasteiger charge is 2.21. The fraction of sp³-hybridized carbons (Fsp3) is 0.138. The van der Waals surface area contributed by atoms with Crippen LogP contribution in [0.4, 0.5) is 4.79 Å². The second-order valence-corrected chi connectivity index (χ2v) is 8.54. The minimum Gasteiger partial charge on any atom is -0.449 e. The largest absolute Gasteiger partial charge is 0.511 e. The van der Waals surface area contributed by atoms with Crippen LogP contribution in [0.25, 0.3) is 11.1 Å². The second kappa shape index (κ2) is 10.7. The third-order valence-electron chi connectivity index (χ3n) is 6.21. The van der Waals surface area contributed by atoms with Crippen LogP contribution in [0, 0.1) is 6.92 Å². The molecule has 2 N–H and O–H groups in total. The van der Waals surface area contributed by atoms with E-state index in [4.69, 9.17) is 5.11 Å². The van der Waals surface area contributed by atoms with Crippen LogP contribution < -0.4 is 10.3 Å². The average molecular weight is 483 g/mol.